The molecule has 0 spiro atoms. The van der Waals surface area contributed by atoms with Crippen molar-refractivity contribution in [2.75, 3.05) is 23.5 Å². The summed E-state index contributed by atoms with van der Waals surface area (Å²) in [6.45, 7) is 0. The Labute approximate surface area is 135 Å². The first-order valence-electron chi connectivity index (χ1n) is 8.07. The number of fused-ring (bicyclic) bond motifs is 2. The number of hydrogen-bond acceptors (Lipinski definition) is 5. The van der Waals surface area contributed by atoms with E-state index in [9.17, 15) is 18.3 Å². The van der Waals surface area contributed by atoms with Crippen LogP contribution in [0.4, 0.5) is 0 Å². The number of aliphatic hydroxyl groups is 1. The summed E-state index contributed by atoms with van der Waals surface area (Å²) in [7, 11) is -3.00. The molecule has 1 saturated heterocycles. The van der Waals surface area contributed by atoms with Gasteiger partial charge in [-0.3, -0.25) is 0 Å². The molecule has 5 atom stereocenters. The number of ether oxygens (including phenoxy) is 1. The lowest BCUT2D eigenvalue weighted by Gasteiger charge is -2.31. The molecule has 0 aromatic rings. The maximum absolute atomic E-state index is 12.1. The van der Waals surface area contributed by atoms with Gasteiger partial charge in [0, 0.05) is 18.1 Å². The number of carbonyl (C=O) groups excluding carboxylic acids is 1. The Kier molecular flexibility index (Phi) is 4.76. The van der Waals surface area contributed by atoms with Gasteiger partial charge in [-0.15, -0.1) is 0 Å². The Hall–Kier alpha value is -0.270. The lowest BCUT2D eigenvalue weighted by molar-refractivity contribution is -0.155. The van der Waals surface area contributed by atoms with Gasteiger partial charge >= 0.3 is 5.97 Å². The maximum atomic E-state index is 12.1. The Morgan fingerprint density at radius 3 is 2.50 bits per heavy atom. The SMILES string of the molecule is CS(=O)(=O)C1CC2CC1C(O)C2OC(=O)C[S+]1CCCCC1. The lowest BCUT2D eigenvalue weighted by Crippen LogP contribution is -2.45. The molecule has 1 heterocycles. The minimum Gasteiger partial charge on any atom is -0.456 e. The van der Waals surface area contributed by atoms with Crippen molar-refractivity contribution in [2.45, 2.75) is 49.6 Å². The Morgan fingerprint density at radius 1 is 1.23 bits per heavy atom. The van der Waals surface area contributed by atoms with Gasteiger partial charge in [0.2, 0.25) is 5.75 Å². The zero-order valence-corrected chi connectivity index (χ0v) is 14.6. The van der Waals surface area contributed by atoms with Gasteiger partial charge in [-0.05, 0) is 43.0 Å². The van der Waals surface area contributed by atoms with Crippen molar-refractivity contribution in [3.05, 3.63) is 0 Å². The highest BCUT2D eigenvalue weighted by Crippen LogP contribution is 2.48. The molecule has 0 amide bonds. The molecule has 3 aliphatic rings. The third kappa shape index (κ3) is 3.31. The highest BCUT2D eigenvalue weighted by Gasteiger charge is 2.57. The zero-order chi connectivity index (χ0) is 15.9. The quantitative estimate of drug-likeness (QED) is 0.591. The molecule has 2 aliphatic carbocycles. The first kappa shape index (κ1) is 16.6. The summed E-state index contributed by atoms with van der Waals surface area (Å²) in [4.78, 5) is 12.1. The van der Waals surface area contributed by atoms with Crippen LogP contribution in [0, 0.1) is 11.8 Å². The van der Waals surface area contributed by atoms with Crippen LogP contribution in [0.3, 0.4) is 0 Å². The second-order valence-corrected chi connectivity index (χ2v) is 11.5. The molecule has 1 N–H and O–H groups in total. The molecule has 7 heteroatoms. The largest absolute Gasteiger partial charge is 0.456 e. The normalized spacial score (nSPS) is 39.1. The first-order chi connectivity index (χ1) is 10.4. The molecule has 22 heavy (non-hydrogen) atoms. The van der Waals surface area contributed by atoms with Crippen molar-refractivity contribution >= 4 is 26.7 Å². The predicted octanol–water partition coefficient (Wildman–Crippen LogP) is 0.514. The van der Waals surface area contributed by atoms with Crippen molar-refractivity contribution in [1.29, 1.82) is 0 Å². The average Bonchev–Trinajstić information content (AvgIpc) is 3.00. The number of aliphatic hydroxyl groups excluding tert-OH is 1. The van der Waals surface area contributed by atoms with Crippen LogP contribution in [0.5, 0.6) is 0 Å². The lowest BCUT2D eigenvalue weighted by atomic mass is 9.94. The molecule has 3 rings (SSSR count). The summed E-state index contributed by atoms with van der Waals surface area (Å²) in [5.41, 5.74) is 0. The molecular formula is C15H25O5S2+. The number of sulfone groups is 1. The molecule has 126 valence electrons. The van der Waals surface area contributed by atoms with Crippen LogP contribution in [0.25, 0.3) is 0 Å². The van der Waals surface area contributed by atoms with Crippen molar-refractivity contribution in [3.63, 3.8) is 0 Å². The van der Waals surface area contributed by atoms with Gasteiger partial charge in [0.25, 0.3) is 0 Å². The van der Waals surface area contributed by atoms with Crippen LogP contribution in [-0.4, -0.2) is 60.5 Å². The monoisotopic (exact) mass is 349 g/mol. The minimum absolute atomic E-state index is 0.00151. The van der Waals surface area contributed by atoms with E-state index < -0.39 is 27.3 Å². The molecule has 1 aliphatic heterocycles. The summed E-state index contributed by atoms with van der Waals surface area (Å²) in [5.74, 6) is 2.22. The number of hydrogen-bond donors (Lipinski definition) is 1. The van der Waals surface area contributed by atoms with Crippen molar-refractivity contribution in [2.24, 2.45) is 11.8 Å². The van der Waals surface area contributed by atoms with E-state index in [0.717, 1.165) is 11.5 Å². The van der Waals surface area contributed by atoms with E-state index in [1.165, 1.54) is 25.5 Å². The van der Waals surface area contributed by atoms with Crippen LogP contribution >= 0.6 is 0 Å². The maximum Gasteiger partial charge on any atom is 0.356 e. The van der Waals surface area contributed by atoms with Crippen molar-refractivity contribution in [1.82, 2.24) is 0 Å². The fraction of sp³-hybridized carbons (Fsp3) is 0.933. The molecule has 0 aromatic heterocycles. The molecule has 0 radical (unpaired) electrons. The van der Waals surface area contributed by atoms with Gasteiger partial charge in [-0.1, -0.05) is 0 Å². The smallest absolute Gasteiger partial charge is 0.356 e. The van der Waals surface area contributed by atoms with E-state index in [-0.39, 0.29) is 28.7 Å². The topological polar surface area (TPSA) is 80.7 Å². The number of carbonyl (C=O) groups is 1. The standard InChI is InChI=1S/C15H25O5S2/c1-22(18,19)12-8-10-7-11(12)14(17)15(10)20-13(16)9-21-5-3-2-4-6-21/h10-12,14-15,17H,2-9H2,1H3/q+1. The van der Waals surface area contributed by atoms with Gasteiger partial charge in [-0.2, -0.15) is 0 Å². The predicted molar refractivity (Wildman–Crippen MR) is 86.5 cm³/mol. The minimum atomic E-state index is -3.14. The van der Waals surface area contributed by atoms with E-state index >= 15 is 0 Å². The van der Waals surface area contributed by atoms with Crippen LogP contribution in [0.1, 0.15) is 32.1 Å². The third-order valence-electron chi connectivity index (χ3n) is 5.33. The average molecular weight is 349 g/mol. The van der Waals surface area contributed by atoms with E-state index in [2.05, 4.69) is 0 Å². The highest BCUT2D eigenvalue weighted by atomic mass is 32.2. The highest BCUT2D eigenvalue weighted by molar-refractivity contribution is 7.97. The van der Waals surface area contributed by atoms with Gasteiger partial charge in [0.15, 0.2) is 9.84 Å². The summed E-state index contributed by atoms with van der Waals surface area (Å²) >= 11 is 0. The van der Waals surface area contributed by atoms with E-state index in [1.807, 2.05) is 0 Å². The Morgan fingerprint density at radius 2 is 1.91 bits per heavy atom. The fourth-order valence-corrected chi connectivity index (χ4v) is 7.89. The number of rotatable bonds is 4. The van der Waals surface area contributed by atoms with Crippen LogP contribution < -0.4 is 0 Å². The van der Waals surface area contributed by atoms with Crippen molar-refractivity contribution in [3.8, 4) is 0 Å². The molecular weight excluding hydrogens is 324 g/mol. The Balaban J connectivity index is 1.55. The fourth-order valence-electron chi connectivity index (χ4n) is 4.27. The first-order valence-corrected chi connectivity index (χ1v) is 11.8. The summed E-state index contributed by atoms with van der Waals surface area (Å²) in [5, 5.41) is 9.86. The molecule has 0 aromatic carbocycles. The second-order valence-electron chi connectivity index (χ2n) is 6.93. The van der Waals surface area contributed by atoms with Gasteiger partial charge in [0.1, 0.15) is 17.6 Å². The molecule has 3 fully saturated rings. The molecule has 5 unspecified atom stereocenters. The van der Waals surface area contributed by atoms with Crippen LogP contribution in [0.15, 0.2) is 0 Å². The van der Waals surface area contributed by atoms with Crippen LogP contribution in [-0.2, 0) is 30.3 Å². The molecule has 2 bridgehead atoms. The number of esters is 1. The van der Waals surface area contributed by atoms with Crippen molar-refractivity contribution < 1.29 is 23.1 Å². The zero-order valence-electron chi connectivity index (χ0n) is 12.9. The Bertz CT molecular complexity index is 524. The van der Waals surface area contributed by atoms with Gasteiger partial charge < -0.3 is 9.84 Å². The summed E-state index contributed by atoms with van der Waals surface area (Å²) in [6, 6.07) is 0. The van der Waals surface area contributed by atoms with E-state index in [4.69, 9.17) is 4.74 Å². The second kappa shape index (κ2) is 6.32. The molecule has 2 saturated carbocycles. The van der Waals surface area contributed by atoms with E-state index in [1.54, 1.807) is 0 Å². The summed E-state index contributed by atoms with van der Waals surface area (Å²) in [6.07, 6.45) is 4.74. The summed E-state index contributed by atoms with van der Waals surface area (Å²) < 4.78 is 29.0. The van der Waals surface area contributed by atoms with Gasteiger partial charge in [-0.25, -0.2) is 13.2 Å². The van der Waals surface area contributed by atoms with E-state index in [0.29, 0.717) is 18.6 Å². The molecule has 5 nitrogen and oxygen atoms in total. The third-order valence-corrected chi connectivity index (χ3v) is 9.35. The van der Waals surface area contributed by atoms with Crippen LogP contribution in [0.2, 0.25) is 0 Å². The van der Waals surface area contributed by atoms with Gasteiger partial charge in [0.05, 0.1) is 11.4 Å².